The van der Waals surface area contributed by atoms with Crippen molar-refractivity contribution in [1.82, 2.24) is 10.2 Å². The third-order valence-corrected chi connectivity index (χ3v) is 5.18. The third-order valence-electron chi connectivity index (χ3n) is 4.35. The van der Waals surface area contributed by atoms with Gasteiger partial charge in [0.05, 0.1) is 28.4 Å². The minimum atomic E-state index is -0.325. The van der Waals surface area contributed by atoms with Gasteiger partial charge in [-0.3, -0.25) is 10.1 Å². The van der Waals surface area contributed by atoms with Crippen molar-refractivity contribution in [3.63, 3.8) is 0 Å². The van der Waals surface area contributed by atoms with Gasteiger partial charge in [-0.2, -0.15) is 0 Å². The predicted molar refractivity (Wildman–Crippen MR) is 119 cm³/mol. The van der Waals surface area contributed by atoms with Crippen LogP contribution in [0.15, 0.2) is 42.5 Å². The number of benzene rings is 2. The van der Waals surface area contributed by atoms with Crippen LogP contribution in [0.2, 0.25) is 0 Å². The number of nitrogens with one attached hydrogen (secondary N) is 1. The summed E-state index contributed by atoms with van der Waals surface area (Å²) in [6, 6.07) is 11.2. The first-order valence-electron chi connectivity index (χ1n) is 9.31. The zero-order chi connectivity index (χ0) is 22.2. The molecule has 0 aliphatic carbocycles. The number of carbonyl (C=O) groups excluding carboxylic acids is 1. The van der Waals surface area contributed by atoms with Gasteiger partial charge in [0, 0.05) is 18.1 Å². The van der Waals surface area contributed by atoms with Crippen LogP contribution in [0.1, 0.15) is 16.1 Å². The number of carbonyl (C=O) groups is 1. The van der Waals surface area contributed by atoms with Crippen LogP contribution < -0.4 is 24.3 Å². The first kappa shape index (κ1) is 22.1. The van der Waals surface area contributed by atoms with Crippen molar-refractivity contribution in [2.24, 2.45) is 0 Å². The average Bonchev–Trinajstić information content (AvgIpc) is 3.23. The molecule has 1 N–H and O–H groups in total. The molecule has 0 saturated heterocycles. The number of aromatic nitrogens is 2. The van der Waals surface area contributed by atoms with Crippen molar-refractivity contribution in [1.29, 1.82) is 0 Å². The van der Waals surface area contributed by atoms with Gasteiger partial charge in [-0.25, -0.2) is 0 Å². The van der Waals surface area contributed by atoms with Gasteiger partial charge in [0.15, 0.2) is 11.5 Å². The van der Waals surface area contributed by atoms with Gasteiger partial charge in [-0.05, 0) is 29.8 Å². The van der Waals surface area contributed by atoms with Gasteiger partial charge >= 0.3 is 0 Å². The number of methoxy groups -OCH3 is 4. The van der Waals surface area contributed by atoms with Gasteiger partial charge in [0.25, 0.3) is 0 Å². The molecule has 0 aliphatic rings. The molecule has 1 amide bonds. The Morgan fingerprint density at radius 2 is 1.65 bits per heavy atom. The van der Waals surface area contributed by atoms with Gasteiger partial charge in [0.1, 0.15) is 10.8 Å². The number of rotatable bonds is 9. The lowest BCUT2D eigenvalue weighted by Crippen LogP contribution is -2.07. The molecule has 1 heterocycles. The van der Waals surface area contributed by atoms with E-state index in [0.29, 0.717) is 28.8 Å². The summed E-state index contributed by atoms with van der Waals surface area (Å²) < 4.78 is 21.3. The number of anilines is 1. The molecule has 3 aromatic rings. The highest BCUT2D eigenvalue weighted by atomic mass is 32.1. The summed E-state index contributed by atoms with van der Waals surface area (Å²) in [5.74, 6) is 1.97. The first-order valence-corrected chi connectivity index (χ1v) is 10.1. The number of hydrogen-bond donors (Lipinski definition) is 1. The van der Waals surface area contributed by atoms with E-state index in [0.717, 1.165) is 21.9 Å². The van der Waals surface area contributed by atoms with E-state index < -0.39 is 0 Å². The summed E-state index contributed by atoms with van der Waals surface area (Å²) in [5, 5.41) is 12.1. The third kappa shape index (κ3) is 5.52. The van der Waals surface area contributed by atoms with Crippen molar-refractivity contribution >= 4 is 28.5 Å². The number of amides is 1. The van der Waals surface area contributed by atoms with Crippen molar-refractivity contribution in [2.45, 2.75) is 6.42 Å². The fraction of sp³-hybridized carbons (Fsp3) is 0.227. The maximum Gasteiger partial charge on any atom is 0.250 e. The van der Waals surface area contributed by atoms with Gasteiger partial charge in [-0.15, -0.1) is 10.2 Å². The molecule has 0 spiro atoms. The summed E-state index contributed by atoms with van der Waals surface area (Å²) in [7, 11) is 6.24. The minimum absolute atomic E-state index is 0.325. The zero-order valence-corrected chi connectivity index (χ0v) is 18.5. The van der Waals surface area contributed by atoms with E-state index in [1.54, 1.807) is 25.3 Å². The van der Waals surface area contributed by atoms with E-state index >= 15 is 0 Å². The van der Waals surface area contributed by atoms with Crippen molar-refractivity contribution in [3.05, 3.63) is 58.6 Å². The van der Waals surface area contributed by atoms with Crippen LogP contribution in [-0.2, 0) is 11.2 Å². The normalized spacial score (nSPS) is 10.7. The summed E-state index contributed by atoms with van der Waals surface area (Å²) in [4.78, 5) is 12.3. The van der Waals surface area contributed by atoms with E-state index in [9.17, 15) is 4.79 Å². The number of hydrogen-bond acceptors (Lipinski definition) is 8. The van der Waals surface area contributed by atoms with Crippen LogP contribution in [0.4, 0.5) is 5.13 Å². The Kier molecular flexibility index (Phi) is 7.45. The summed E-state index contributed by atoms with van der Waals surface area (Å²) >= 11 is 1.31. The lowest BCUT2D eigenvalue weighted by atomic mass is 10.1. The highest BCUT2D eigenvalue weighted by molar-refractivity contribution is 7.15. The molecule has 9 heteroatoms. The van der Waals surface area contributed by atoms with Gasteiger partial charge in [0.2, 0.25) is 16.8 Å². The quantitative estimate of drug-likeness (QED) is 0.505. The molecule has 31 heavy (non-hydrogen) atoms. The van der Waals surface area contributed by atoms with Crippen molar-refractivity contribution in [2.75, 3.05) is 33.8 Å². The smallest absolute Gasteiger partial charge is 0.250 e. The maximum atomic E-state index is 12.3. The standard InChI is InChI=1S/C22H23N3O5S/c1-27-16-8-6-5-7-15(16)13-20-24-25-22(31-20)23-19(26)10-9-14-11-17(28-2)21(30-4)18(12-14)29-3/h5-12H,13H2,1-4H3,(H,23,25,26)/b10-9+. The highest BCUT2D eigenvalue weighted by Gasteiger charge is 2.13. The SMILES string of the molecule is COc1ccccc1Cc1nnc(NC(=O)/C=C/c2cc(OC)c(OC)c(OC)c2)s1. The largest absolute Gasteiger partial charge is 0.496 e. The van der Waals surface area contributed by atoms with E-state index in [-0.39, 0.29) is 5.91 Å². The number of nitrogens with zero attached hydrogens (tertiary/aromatic N) is 2. The average molecular weight is 442 g/mol. The lowest BCUT2D eigenvalue weighted by molar-refractivity contribution is -0.111. The van der Waals surface area contributed by atoms with Crippen LogP contribution in [0.5, 0.6) is 23.0 Å². The van der Waals surface area contributed by atoms with Crippen molar-refractivity contribution < 1.29 is 23.7 Å². The molecule has 0 aliphatic heterocycles. The Labute approximate surface area is 184 Å². The van der Waals surface area contributed by atoms with E-state index in [2.05, 4.69) is 15.5 Å². The molecule has 2 aromatic carbocycles. The van der Waals surface area contributed by atoms with E-state index in [1.165, 1.54) is 38.7 Å². The molecule has 0 unspecified atom stereocenters. The highest BCUT2D eigenvalue weighted by Crippen LogP contribution is 2.38. The predicted octanol–water partition coefficient (Wildman–Crippen LogP) is 3.82. The molecular weight excluding hydrogens is 418 g/mol. The monoisotopic (exact) mass is 441 g/mol. The van der Waals surface area contributed by atoms with E-state index in [1.807, 2.05) is 24.3 Å². The summed E-state index contributed by atoms with van der Waals surface area (Å²) in [6.07, 6.45) is 3.62. The summed E-state index contributed by atoms with van der Waals surface area (Å²) in [5.41, 5.74) is 1.72. The molecule has 0 bridgehead atoms. The van der Waals surface area contributed by atoms with Crippen LogP contribution in [0.25, 0.3) is 6.08 Å². The van der Waals surface area contributed by atoms with Crippen LogP contribution in [0, 0.1) is 0 Å². The van der Waals surface area contributed by atoms with Gasteiger partial charge < -0.3 is 18.9 Å². The van der Waals surface area contributed by atoms with Crippen LogP contribution >= 0.6 is 11.3 Å². The Balaban J connectivity index is 1.67. The molecule has 0 fully saturated rings. The second-order valence-corrected chi connectivity index (χ2v) is 7.33. The molecule has 0 saturated carbocycles. The fourth-order valence-electron chi connectivity index (χ4n) is 2.90. The molecule has 0 atom stereocenters. The molecule has 162 valence electrons. The second-order valence-electron chi connectivity index (χ2n) is 6.27. The topological polar surface area (TPSA) is 91.8 Å². The Morgan fingerprint density at radius 1 is 0.968 bits per heavy atom. The summed E-state index contributed by atoms with van der Waals surface area (Å²) in [6.45, 7) is 0. The molecule has 0 radical (unpaired) electrons. The maximum absolute atomic E-state index is 12.3. The Morgan fingerprint density at radius 3 is 2.29 bits per heavy atom. The van der Waals surface area contributed by atoms with Crippen LogP contribution in [-0.4, -0.2) is 44.5 Å². The van der Waals surface area contributed by atoms with E-state index in [4.69, 9.17) is 18.9 Å². The Hall–Kier alpha value is -3.59. The molecule has 3 rings (SSSR count). The lowest BCUT2D eigenvalue weighted by Gasteiger charge is -2.12. The number of ether oxygens (including phenoxy) is 4. The minimum Gasteiger partial charge on any atom is -0.496 e. The second kappa shape index (κ2) is 10.4. The molecule has 1 aromatic heterocycles. The molecular formula is C22H23N3O5S. The molecule has 8 nitrogen and oxygen atoms in total. The van der Waals surface area contributed by atoms with Crippen molar-refractivity contribution in [3.8, 4) is 23.0 Å². The van der Waals surface area contributed by atoms with Crippen LogP contribution in [0.3, 0.4) is 0 Å². The number of para-hydroxylation sites is 1. The zero-order valence-electron chi connectivity index (χ0n) is 17.7. The first-order chi connectivity index (χ1) is 15.1. The van der Waals surface area contributed by atoms with Gasteiger partial charge in [-0.1, -0.05) is 29.5 Å². The fourth-order valence-corrected chi connectivity index (χ4v) is 3.67. The Bertz CT molecular complexity index is 1060.